The van der Waals surface area contributed by atoms with Crippen LogP contribution in [-0.4, -0.2) is 16.7 Å². The summed E-state index contributed by atoms with van der Waals surface area (Å²) in [7, 11) is 0. The highest BCUT2D eigenvalue weighted by molar-refractivity contribution is 9.10. The van der Waals surface area contributed by atoms with E-state index >= 15 is 0 Å². The Morgan fingerprint density at radius 3 is 2.95 bits per heavy atom. The maximum atomic E-state index is 5.31. The van der Waals surface area contributed by atoms with Gasteiger partial charge in [-0.25, -0.2) is 0 Å². The Hall–Kier alpha value is -0.850. The zero-order chi connectivity index (χ0) is 13.1. The average molecular weight is 340 g/mol. The normalized spacial score (nSPS) is 18.9. The number of nitrogens with zero attached hydrogens (tertiary/aromatic N) is 2. The molecule has 0 amide bonds. The van der Waals surface area contributed by atoms with E-state index in [1.54, 1.807) is 11.8 Å². The van der Waals surface area contributed by atoms with Gasteiger partial charge in [-0.2, -0.15) is 4.98 Å². The lowest BCUT2D eigenvalue weighted by atomic mass is 10.2. The first-order chi connectivity index (χ1) is 9.31. The van der Waals surface area contributed by atoms with Gasteiger partial charge in [0.1, 0.15) is 0 Å². The Morgan fingerprint density at radius 1 is 1.37 bits per heavy atom. The highest BCUT2D eigenvalue weighted by Gasteiger charge is 2.22. The minimum Gasteiger partial charge on any atom is -0.338 e. The molecular weight excluding hydrogens is 326 g/mol. The van der Waals surface area contributed by atoms with E-state index in [0.29, 0.717) is 0 Å². The van der Waals surface area contributed by atoms with Gasteiger partial charge in [0.2, 0.25) is 5.89 Å². The zero-order valence-electron chi connectivity index (χ0n) is 10.3. The Kier molecular flexibility index (Phi) is 4.20. The molecule has 3 rings (SSSR count). The van der Waals surface area contributed by atoms with E-state index in [1.807, 2.05) is 12.1 Å². The fraction of sp³-hybridized carbons (Fsp3) is 0.385. The summed E-state index contributed by atoms with van der Waals surface area (Å²) in [6, 6.07) is 8.47. The first-order valence-corrected chi connectivity index (χ1v) is 8.03. The fourth-order valence-corrected chi connectivity index (χ4v) is 3.05. The number of aromatic nitrogens is 2. The van der Waals surface area contributed by atoms with Gasteiger partial charge in [0.05, 0.1) is 11.8 Å². The molecule has 0 spiro atoms. The van der Waals surface area contributed by atoms with Gasteiger partial charge < -0.3 is 9.84 Å². The Balaban J connectivity index is 1.59. The predicted octanol–water partition coefficient (Wildman–Crippen LogP) is 3.55. The molecule has 1 aliphatic rings. The van der Waals surface area contributed by atoms with Crippen LogP contribution in [0.25, 0.3) is 0 Å². The molecule has 0 aliphatic carbocycles. The highest BCUT2D eigenvalue weighted by Crippen LogP contribution is 2.25. The molecule has 1 unspecified atom stereocenters. The van der Waals surface area contributed by atoms with E-state index in [0.717, 1.165) is 34.9 Å². The van der Waals surface area contributed by atoms with Gasteiger partial charge in [-0.05, 0) is 43.7 Å². The Bertz CT molecular complexity index is 537. The summed E-state index contributed by atoms with van der Waals surface area (Å²) in [5.74, 6) is 2.22. The SMILES string of the molecule is Brc1ccc(SCc2noc(C3CCCN3)n2)cc1. The first-order valence-electron chi connectivity index (χ1n) is 6.25. The van der Waals surface area contributed by atoms with E-state index in [2.05, 4.69) is 43.5 Å². The standard InChI is InChI=1S/C13H14BrN3OS/c14-9-3-5-10(6-4-9)19-8-12-16-13(18-17-12)11-2-1-7-15-11/h3-6,11,15H,1-2,7-8H2. The summed E-state index contributed by atoms with van der Waals surface area (Å²) in [4.78, 5) is 5.66. The number of hydrogen-bond acceptors (Lipinski definition) is 5. The lowest BCUT2D eigenvalue weighted by Gasteiger charge is -2.01. The first kappa shape index (κ1) is 13.1. The molecule has 1 aliphatic heterocycles. The van der Waals surface area contributed by atoms with Gasteiger partial charge in [-0.3, -0.25) is 0 Å². The van der Waals surface area contributed by atoms with Crippen molar-refractivity contribution < 1.29 is 4.52 Å². The van der Waals surface area contributed by atoms with Crippen molar-refractivity contribution in [3.05, 3.63) is 40.5 Å². The van der Waals surface area contributed by atoms with E-state index in [1.165, 1.54) is 11.3 Å². The van der Waals surface area contributed by atoms with Crippen molar-refractivity contribution in [2.75, 3.05) is 6.54 Å². The lowest BCUT2D eigenvalue weighted by molar-refractivity contribution is 0.342. The molecule has 100 valence electrons. The summed E-state index contributed by atoms with van der Waals surface area (Å²) in [5, 5.41) is 7.40. The van der Waals surface area contributed by atoms with Crippen molar-refractivity contribution in [2.24, 2.45) is 0 Å². The van der Waals surface area contributed by atoms with Gasteiger partial charge in [-0.1, -0.05) is 21.1 Å². The van der Waals surface area contributed by atoms with Crippen LogP contribution in [-0.2, 0) is 5.75 Å². The summed E-state index contributed by atoms with van der Waals surface area (Å²) in [5.41, 5.74) is 0. The molecule has 0 radical (unpaired) electrons. The molecule has 1 atom stereocenters. The highest BCUT2D eigenvalue weighted by atomic mass is 79.9. The second-order valence-corrected chi connectivity index (χ2v) is 6.40. The van der Waals surface area contributed by atoms with Crippen LogP contribution < -0.4 is 5.32 Å². The molecule has 0 bridgehead atoms. The van der Waals surface area contributed by atoms with Gasteiger partial charge in [0.15, 0.2) is 5.82 Å². The van der Waals surface area contributed by atoms with Gasteiger partial charge in [-0.15, -0.1) is 11.8 Å². The summed E-state index contributed by atoms with van der Waals surface area (Å²) < 4.78 is 6.40. The number of thioether (sulfide) groups is 1. The van der Waals surface area contributed by atoms with Crippen molar-refractivity contribution in [2.45, 2.75) is 29.5 Å². The van der Waals surface area contributed by atoms with Crippen LogP contribution in [0.15, 0.2) is 38.2 Å². The van der Waals surface area contributed by atoms with E-state index < -0.39 is 0 Å². The van der Waals surface area contributed by atoms with Gasteiger partial charge >= 0.3 is 0 Å². The van der Waals surface area contributed by atoms with Crippen molar-refractivity contribution in [1.29, 1.82) is 0 Å². The van der Waals surface area contributed by atoms with E-state index in [4.69, 9.17) is 4.52 Å². The molecule has 1 saturated heterocycles. The molecule has 1 N–H and O–H groups in total. The van der Waals surface area contributed by atoms with Crippen LogP contribution in [0, 0.1) is 0 Å². The maximum Gasteiger partial charge on any atom is 0.243 e. The summed E-state index contributed by atoms with van der Waals surface area (Å²) >= 11 is 5.14. The molecule has 4 nitrogen and oxygen atoms in total. The molecule has 2 aromatic rings. The van der Waals surface area contributed by atoms with E-state index in [9.17, 15) is 0 Å². The quantitative estimate of drug-likeness (QED) is 0.863. The molecular formula is C13H14BrN3OS. The van der Waals surface area contributed by atoms with Crippen molar-refractivity contribution in [3.8, 4) is 0 Å². The molecule has 1 aromatic heterocycles. The van der Waals surface area contributed by atoms with Crippen LogP contribution in [0.2, 0.25) is 0 Å². The minimum absolute atomic E-state index is 0.249. The van der Waals surface area contributed by atoms with Crippen LogP contribution in [0.4, 0.5) is 0 Å². The fourth-order valence-electron chi connectivity index (χ4n) is 2.04. The third kappa shape index (κ3) is 3.38. The van der Waals surface area contributed by atoms with Crippen molar-refractivity contribution >= 4 is 27.7 Å². The predicted molar refractivity (Wildman–Crippen MR) is 78.0 cm³/mol. The zero-order valence-corrected chi connectivity index (χ0v) is 12.7. The average Bonchev–Trinajstić information content (AvgIpc) is 3.09. The van der Waals surface area contributed by atoms with Crippen molar-refractivity contribution in [1.82, 2.24) is 15.5 Å². The monoisotopic (exact) mass is 339 g/mol. The second kappa shape index (κ2) is 6.07. The smallest absolute Gasteiger partial charge is 0.243 e. The number of rotatable bonds is 4. The Morgan fingerprint density at radius 2 is 2.21 bits per heavy atom. The molecule has 6 heteroatoms. The van der Waals surface area contributed by atoms with Crippen LogP contribution >= 0.6 is 27.7 Å². The topological polar surface area (TPSA) is 51.0 Å². The molecule has 1 aromatic carbocycles. The third-order valence-corrected chi connectivity index (χ3v) is 4.56. The van der Waals surface area contributed by atoms with Crippen molar-refractivity contribution in [3.63, 3.8) is 0 Å². The van der Waals surface area contributed by atoms with E-state index in [-0.39, 0.29) is 6.04 Å². The second-order valence-electron chi connectivity index (χ2n) is 4.44. The molecule has 1 fully saturated rings. The van der Waals surface area contributed by atoms with Crippen LogP contribution in [0.1, 0.15) is 30.6 Å². The van der Waals surface area contributed by atoms with Gasteiger partial charge in [0, 0.05) is 9.37 Å². The third-order valence-electron chi connectivity index (χ3n) is 3.02. The van der Waals surface area contributed by atoms with Crippen LogP contribution in [0.5, 0.6) is 0 Å². The maximum absolute atomic E-state index is 5.31. The minimum atomic E-state index is 0.249. The summed E-state index contributed by atoms with van der Waals surface area (Å²) in [6.45, 7) is 1.04. The van der Waals surface area contributed by atoms with Crippen LogP contribution in [0.3, 0.4) is 0 Å². The lowest BCUT2D eigenvalue weighted by Crippen LogP contribution is -2.13. The number of nitrogens with one attached hydrogen (secondary N) is 1. The number of halogens is 1. The molecule has 0 saturated carbocycles. The summed E-state index contributed by atoms with van der Waals surface area (Å²) in [6.07, 6.45) is 2.26. The Labute approximate surface area is 124 Å². The molecule has 2 heterocycles. The number of hydrogen-bond donors (Lipinski definition) is 1. The largest absolute Gasteiger partial charge is 0.338 e. The van der Waals surface area contributed by atoms with Gasteiger partial charge in [0.25, 0.3) is 0 Å². The number of benzene rings is 1. The molecule has 19 heavy (non-hydrogen) atoms.